The van der Waals surface area contributed by atoms with E-state index in [1.807, 2.05) is 4.90 Å². The van der Waals surface area contributed by atoms with Crippen LogP contribution in [0.5, 0.6) is 0 Å². The minimum absolute atomic E-state index is 0.00168. The Balaban J connectivity index is 1.67. The molecular formula is C17H20ClN3O4. The lowest BCUT2D eigenvalue weighted by Gasteiger charge is -2.33. The lowest BCUT2D eigenvalue weighted by Crippen LogP contribution is -2.43. The highest BCUT2D eigenvalue weighted by atomic mass is 35.5. The van der Waals surface area contributed by atoms with Gasteiger partial charge in [-0.25, -0.2) is 0 Å². The van der Waals surface area contributed by atoms with Crippen molar-refractivity contribution in [1.82, 2.24) is 9.80 Å². The zero-order chi connectivity index (χ0) is 18.0. The fourth-order valence-electron chi connectivity index (χ4n) is 3.53. The maximum absolute atomic E-state index is 12.7. The van der Waals surface area contributed by atoms with E-state index in [2.05, 4.69) is 0 Å². The first kappa shape index (κ1) is 17.7. The van der Waals surface area contributed by atoms with Crippen LogP contribution in [-0.4, -0.2) is 52.7 Å². The van der Waals surface area contributed by atoms with E-state index in [-0.39, 0.29) is 28.1 Å². The molecule has 0 bridgehead atoms. The third-order valence-corrected chi connectivity index (χ3v) is 5.17. The van der Waals surface area contributed by atoms with Crippen molar-refractivity contribution in [1.29, 1.82) is 0 Å². The molecule has 2 saturated heterocycles. The Labute approximate surface area is 150 Å². The van der Waals surface area contributed by atoms with Gasteiger partial charge in [-0.05, 0) is 37.8 Å². The normalized spacial score (nSPS) is 18.4. The third-order valence-electron chi connectivity index (χ3n) is 4.93. The molecule has 0 aliphatic carbocycles. The van der Waals surface area contributed by atoms with Crippen LogP contribution in [-0.2, 0) is 4.79 Å². The highest BCUT2D eigenvalue weighted by Gasteiger charge is 2.33. The van der Waals surface area contributed by atoms with Gasteiger partial charge in [0.1, 0.15) is 5.56 Å². The number of rotatable bonds is 3. The average Bonchev–Trinajstić information content (AvgIpc) is 3.15. The lowest BCUT2D eigenvalue weighted by molar-refractivity contribution is -0.385. The fraction of sp³-hybridized carbons (Fsp3) is 0.529. The smallest absolute Gasteiger partial charge is 0.282 e. The van der Waals surface area contributed by atoms with Crippen molar-refractivity contribution in [2.75, 3.05) is 26.2 Å². The summed E-state index contributed by atoms with van der Waals surface area (Å²) in [6, 6.07) is 3.99. The van der Waals surface area contributed by atoms with Gasteiger partial charge in [0.2, 0.25) is 5.91 Å². The van der Waals surface area contributed by atoms with E-state index in [0.29, 0.717) is 25.9 Å². The Morgan fingerprint density at radius 1 is 1.08 bits per heavy atom. The van der Waals surface area contributed by atoms with Gasteiger partial charge in [0.25, 0.3) is 11.6 Å². The maximum atomic E-state index is 12.7. The van der Waals surface area contributed by atoms with E-state index in [1.165, 1.54) is 18.2 Å². The second-order valence-corrected chi connectivity index (χ2v) is 6.95. The van der Waals surface area contributed by atoms with E-state index in [4.69, 9.17) is 11.6 Å². The molecule has 1 aromatic carbocycles. The number of carbonyl (C=O) groups is 2. The number of likely N-dealkylation sites (tertiary alicyclic amines) is 2. The van der Waals surface area contributed by atoms with Gasteiger partial charge in [0, 0.05) is 43.2 Å². The Morgan fingerprint density at radius 3 is 2.32 bits per heavy atom. The van der Waals surface area contributed by atoms with Gasteiger partial charge >= 0.3 is 0 Å². The summed E-state index contributed by atoms with van der Waals surface area (Å²) in [5.74, 6) is -0.281. The molecule has 0 radical (unpaired) electrons. The summed E-state index contributed by atoms with van der Waals surface area (Å²) in [6.45, 7) is 2.50. The van der Waals surface area contributed by atoms with Gasteiger partial charge in [-0.3, -0.25) is 19.7 Å². The number of nitrogens with zero attached hydrogens (tertiary/aromatic N) is 3. The van der Waals surface area contributed by atoms with E-state index in [0.717, 1.165) is 25.9 Å². The third kappa shape index (κ3) is 3.76. The summed E-state index contributed by atoms with van der Waals surface area (Å²) in [4.78, 5) is 39.2. The minimum Gasteiger partial charge on any atom is -0.342 e. The van der Waals surface area contributed by atoms with Crippen LogP contribution in [0.2, 0.25) is 5.02 Å². The average molecular weight is 366 g/mol. The topological polar surface area (TPSA) is 83.8 Å². The monoisotopic (exact) mass is 365 g/mol. The predicted octanol–water partition coefficient (Wildman–Crippen LogP) is 2.72. The SMILES string of the molecule is O=C(c1cc(Cl)ccc1[N+](=O)[O-])N1CCC(C(=O)N2CCCC2)CC1. The molecule has 0 spiro atoms. The number of nitro groups is 1. The molecule has 134 valence electrons. The molecule has 25 heavy (non-hydrogen) atoms. The van der Waals surface area contributed by atoms with Crippen molar-refractivity contribution in [3.05, 3.63) is 38.9 Å². The molecule has 7 nitrogen and oxygen atoms in total. The largest absolute Gasteiger partial charge is 0.342 e. The second-order valence-electron chi connectivity index (χ2n) is 6.52. The van der Waals surface area contributed by atoms with Gasteiger partial charge in [-0.2, -0.15) is 0 Å². The molecule has 2 aliphatic heterocycles. The van der Waals surface area contributed by atoms with Crippen molar-refractivity contribution in [3.63, 3.8) is 0 Å². The summed E-state index contributed by atoms with van der Waals surface area (Å²) < 4.78 is 0. The minimum atomic E-state index is -0.576. The van der Waals surface area contributed by atoms with E-state index in [9.17, 15) is 19.7 Å². The molecule has 2 heterocycles. The van der Waals surface area contributed by atoms with Crippen LogP contribution < -0.4 is 0 Å². The van der Waals surface area contributed by atoms with Crippen LogP contribution in [0, 0.1) is 16.0 Å². The van der Waals surface area contributed by atoms with Crippen LogP contribution >= 0.6 is 11.6 Å². The molecule has 2 fully saturated rings. The van der Waals surface area contributed by atoms with Gasteiger partial charge in [-0.15, -0.1) is 0 Å². The second kappa shape index (κ2) is 7.39. The van der Waals surface area contributed by atoms with Crippen LogP contribution in [0.1, 0.15) is 36.0 Å². The molecule has 1 aromatic rings. The van der Waals surface area contributed by atoms with E-state index < -0.39 is 10.8 Å². The molecular weight excluding hydrogens is 346 g/mol. The first-order chi connectivity index (χ1) is 12.0. The first-order valence-corrected chi connectivity index (χ1v) is 8.87. The van der Waals surface area contributed by atoms with Crippen LogP contribution in [0.25, 0.3) is 0 Å². The molecule has 0 N–H and O–H groups in total. The standard InChI is InChI=1S/C17H20ClN3O4/c18-13-3-4-15(21(24)25)14(11-13)17(23)20-9-5-12(6-10-20)16(22)19-7-1-2-8-19/h3-4,11-12H,1-2,5-10H2. The molecule has 0 aromatic heterocycles. The van der Waals surface area contributed by atoms with Gasteiger partial charge in [-0.1, -0.05) is 11.6 Å². The van der Waals surface area contributed by atoms with Crippen LogP contribution in [0.3, 0.4) is 0 Å². The quantitative estimate of drug-likeness (QED) is 0.609. The zero-order valence-electron chi connectivity index (χ0n) is 13.8. The Kier molecular flexibility index (Phi) is 5.22. The summed E-state index contributed by atoms with van der Waals surface area (Å²) in [5, 5.41) is 11.4. The number of hydrogen-bond acceptors (Lipinski definition) is 4. The summed E-state index contributed by atoms with van der Waals surface area (Å²) in [6.07, 6.45) is 3.30. The molecule has 2 aliphatic rings. The fourth-order valence-corrected chi connectivity index (χ4v) is 3.71. The Hall–Kier alpha value is -2.15. The summed E-state index contributed by atoms with van der Waals surface area (Å²) in [7, 11) is 0. The molecule has 0 atom stereocenters. The molecule has 3 rings (SSSR count). The Bertz CT molecular complexity index is 695. The van der Waals surface area contributed by atoms with Crippen LogP contribution in [0.4, 0.5) is 5.69 Å². The number of amides is 2. The highest BCUT2D eigenvalue weighted by molar-refractivity contribution is 6.31. The highest BCUT2D eigenvalue weighted by Crippen LogP contribution is 2.27. The lowest BCUT2D eigenvalue weighted by atomic mass is 9.94. The molecule has 8 heteroatoms. The van der Waals surface area contributed by atoms with E-state index in [1.54, 1.807) is 4.90 Å². The number of halogens is 1. The van der Waals surface area contributed by atoms with Gasteiger partial charge in [0.05, 0.1) is 4.92 Å². The van der Waals surface area contributed by atoms with Crippen molar-refractivity contribution < 1.29 is 14.5 Å². The number of hydrogen-bond donors (Lipinski definition) is 0. The van der Waals surface area contributed by atoms with Gasteiger partial charge < -0.3 is 9.80 Å². The summed E-state index contributed by atoms with van der Waals surface area (Å²) >= 11 is 5.90. The number of benzene rings is 1. The molecule has 0 saturated carbocycles. The molecule has 2 amide bonds. The maximum Gasteiger partial charge on any atom is 0.282 e. The van der Waals surface area contributed by atoms with E-state index >= 15 is 0 Å². The molecule has 0 unspecified atom stereocenters. The van der Waals surface area contributed by atoms with Crippen molar-refractivity contribution >= 4 is 29.1 Å². The number of nitro benzene ring substituents is 1. The zero-order valence-corrected chi connectivity index (χ0v) is 14.6. The predicted molar refractivity (Wildman–Crippen MR) is 92.5 cm³/mol. The summed E-state index contributed by atoms with van der Waals surface area (Å²) in [5.41, 5.74) is -0.244. The van der Waals surface area contributed by atoms with Crippen molar-refractivity contribution in [2.45, 2.75) is 25.7 Å². The van der Waals surface area contributed by atoms with Gasteiger partial charge in [0.15, 0.2) is 0 Å². The van der Waals surface area contributed by atoms with Crippen LogP contribution in [0.15, 0.2) is 18.2 Å². The first-order valence-electron chi connectivity index (χ1n) is 8.49. The van der Waals surface area contributed by atoms with Crippen molar-refractivity contribution in [2.24, 2.45) is 5.92 Å². The van der Waals surface area contributed by atoms with Crippen molar-refractivity contribution in [3.8, 4) is 0 Å². The Morgan fingerprint density at radius 2 is 1.72 bits per heavy atom. The number of piperidine rings is 1. The number of carbonyl (C=O) groups excluding carboxylic acids is 2.